The second-order valence-electron chi connectivity index (χ2n) is 9.12. The van der Waals surface area contributed by atoms with Crippen molar-refractivity contribution in [1.82, 2.24) is 0 Å². The fourth-order valence-corrected chi connectivity index (χ4v) is 4.66. The Morgan fingerprint density at radius 1 is 0.537 bits per heavy atom. The van der Waals surface area contributed by atoms with Gasteiger partial charge in [-0.25, -0.2) is 0 Å². The molecule has 0 aromatic heterocycles. The summed E-state index contributed by atoms with van der Waals surface area (Å²) < 4.78 is 54.5. The van der Waals surface area contributed by atoms with Gasteiger partial charge in [0, 0.05) is 41.5 Å². The number of carbonyl (C=O) groups excluding carboxylic acids is 6. The summed E-state index contributed by atoms with van der Waals surface area (Å²) in [6, 6.07) is 0. The SMILES string of the molecule is CC(=O)O[C@@H]1[C@@H](OC(C)=O)[C@H](C)O[C@@H](OC[C@H]2O[C@H](OBr)[C@H](OC(C)=O)[C@@H](OC(C)=O)[C@@H]2OC(C)=O)[C@@H]1OC(C)=O. The smallest absolute Gasteiger partial charge is 0.303 e. The predicted molar refractivity (Wildman–Crippen MR) is 132 cm³/mol. The van der Waals surface area contributed by atoms with E-state index in [0.717, 1.165) is 41.5 Å². The topological polar surface area (TPSA) is 195 Å². The highest BCUT2D eigenvalue weighted by Gasteiger charge is 2.54. The van der Waals surface area contributed by atoms with E-state index in [2.05, 4.69) is 16.3 Å². The Kier molecular flexibility index (Phi) is 12.9. The van der Waals surface area contributed by atoms with Gasteiger partial charge < -0.3 is 42.6 Å². The van der Waals surface area contributed by atoms with Crippen LogP contribution in [0.1, 0.15) is 48.5 Å². The molecule has 10 atom stereocenters. The van der Waals surface area contributed by atoms with E-state index in [-0.39, 0.29) is 0 Å². The largest absolute Gasteiger partial charge is 0.456 e. The van der Waals surface area contributed by atoms with Crippen molar-refractivity contribution >= 4 is 52.1 Å². The minimum absolute atomic E-state index is 0.477. The monoisotopic (exact) mass is 656 g/mol. The Balaban J connectivity index is 2.41. The van der Waals surface area contributed by atoms with Crippen LogP contribution in [0.25, 0.3) is 0 Å². The van der Waals surface area contributed by atoms with Gasteiger partial charge in [-0.1, -0.05) is 0 Å². The van der Waals surface area contributed by atoms with Crippen molar-refractivity contribution in [1.29, 1.82) is 0 Å². The van der Waals surface area contributed by atoms with Gasteiger partial charge in [-0.05, 0) is 6.92 Å². The molecule has 2 rings (SSSR count). The van der Waals surface area contributed by atoms with Crippen LogP contribution >= 0.6 is 16.3 Å². The van der Waals surface area contributed by atoms with Gasteiger partial charge >= 0.3 is 35.8 Å². The molecule has 2 aliphatic rings. The molecule has 0 aromatic rings. The third-order valence-corrected chi connectivity index (χ3v) is 6.01. The van der Waals surface area contributed by atoms with Crippen molar-refractivity contribution in [2.45, 2.75) is 110 Å². The molecule has 2 fully saturated rings. The Morgan fingerprint density at radius 2 is 0.902 bits per heavy atom. The molecule has 2 saturated heterocycles. The van der Waals surface area contributed by atoms with Crippen LogP contribution in [0.2, 0.25) is 0 Å². The van der Waals surface area contributed by atoms with Crippen LogP contribution in [0.5, 0.6) is 0 Å². The van der Waals surface area contributed by atoms with Crippen LogP contribution in [0, 0.1) is 0 Å². The molecule has 0 aliphatic carbocycles. The fraction of sp³-hybridized carbons (Fsp3) is 0.750. The van der Waals surface area contributed by atoms with Crippen molar-refractivity contribution in [3.8, 4) is 0 Å². The van der Waals surface area contributed by atoms with Crippen LogP contribution in [0.3, 0.4) is 0 Å². The molecular formula is C24H33BrO16. The maximum Gasteiger partial charge on any atom is 0.303 e. The summed E-state index contributed by atoms with van der Waals surface area (Å²) in [5, 5.41) is 0. The molecule has 0 aromatic carbocycles. The van der Waals surface area contributed by atoms with Crippen molar-refractivity contribution in [2.75, 3.05) is 6.61 Å². The van der Waals surface area contributed by atoms with Gasteiger partial charge in [0.15, 0.2) is 42.9 Å². The van der Waals surface area contributed by atoms with Crippen molar-refractivity contribution in [3.05, 3.63) is 0 Å². The van der Waals surface area contributed by atoms with Crippen LogP contribution < -0.4 is 0 Å². The first-order chi connectivity index (χ1) is 19.1. The molecule has 0 N–H and O–H groups in total. The molecule has 0 bridgehead atoms. The number of halogens is 1. The summed E-state index contributed by atoms with van der Waals surface area (Å²) in [6.07, 6.45) is -13.0. The van der Waals surface area contributed by atoms with E-state index in [0.29, 0.717) is 0 Å². The standard InChI is InChI=1S/C24H33BrO16/c1-9-17(34-10(2)26)19(36-12(4)28)21(38-14(6)30)23(33-9)32-8-16-18(35-11(3)27)20(37-13(5)29)22(39-15(7)31)24(40-16)41-25/h9,16-24H,8H2,1-7H3/t9-,16+,17-,18+,19+,20-,21+,22+,23+,24+/m0/s1. The number of carbonyl (C=O) groups is 6. The van der Waals surface area contributed by atoms with Gasteiger partial charge in [0.25, 0.3) is 0 Å². The Morgan fingerprint density at radius 3 is 1.34 bits per heavy atom. The van der Waals surface area contributed by atoms with E-state index < -0.39 is 104 Å². The first-order valence-corrected chi connectivity index (χ1v) is 13.0. The third-order valence-electron chi connectivity index (χ3n) is 5.64. The van der Waals surface area contributed by atoms with Crippen LogP contribution in [-0.2, 0) is 75.2 Å². The minimum Gasteiger partial charge on any atom is -0.456 e. The summed E-state index contributed by atoms with van der Waals surface area (Å²) in [4.78, 5) is 71.2. The number of hydrogen-bond acceptors (Lipinski definition) is 16. The van der Waals surface area contributed by atoms with Gasteiger partial charge in [0.2, 0.25) is 6.29 Å². The summed E-state index contributed by atoms with van der Waals surface area (Å²) in [5.41, 5.74) is 0. The summed E-state index contributed by atoms with van der Waals surface area (Å²) in [7, 11) is 0. The van der Waals surface area contributed by atoms with Gasteiger partial charge in [-0.2, -0.15) is 0 Å². The second kappa shape index (κ2) is 15.4. The first-order valence-electron chi connectivity index (χ1n) is 12.4. The van der Waals surface area contributed by atoms with E-state index in [9.17, 15) is 28.8 Å². The fourth-order valence-electron chi connectivity index (χ4n) is 4.35. The van der Waals surface area contributed by atoms with E-state index in [1.54, 1.807) is 0 Å². The van der Waals surface area contributed by atoms with Gasteiger partial charge in [-0.3, -0.25) is 32.6 Å². The number of ether oxygens (including phenoxy) is 9. The molecule has 0 unspecified atom stereocenters. The van der Waals surface area contributed by atoms with Crippen LogP contribution in [-0.4, -0.2) is 104 Å². The van der Waals surface area contributed by atoms with Gasteiger partial charge in [0.05, 0.1) is 12.7 Å². The molecule has 232 valence electrons. The molecule has 16 nitrogen and oxygen atoms in total. The molecule has 2 heterocycles. The van der Waals surface area contributed by atoms with E-state index in [1.807, 2.05) is 0 Å². The maximum atomic E-state index is 12.0. The highest BCUT2D eigenvalue weighted by Crippen LogP contribution is 2.33. The summed E-state index contributed by atoms with van der Waals surface area (Å²) >= 11 is 2.79. The van der Waals surface area contributed by atoms with E-state index >= 15 is 0 Å². The van der Waals surface area contributed by atoms with E-state index in [1.165, 1.54) is 6.92 Å². The Hall–Kier alpha value is -2.86. The normalized spacial score (nSPS) is 33.1. The minimum atomic E-state index is -1.42. The zero-order chi connectivity index (χ0) is 31.0. The second-order valence-corrected chi connectivity index (χ2v) is 9.49. The Labute approximate surface area is 243 Å². The van der Waals surface area contributed by atoms with Crippen molar-refractivity contribution in [3.63, 3.8) is 0 Å². The van der Waals surface area contributed by atoms with Crippen LogP contribution in [0.4, 0.5) is 0 Å². The third kappa shape index (κ3) is 9.88. The molecule has 0 amide bonds. The summed E-state index contributed by atoms with van der Waals surface area (Å²) in [5.74, 6) is -4.61. The van der Waals surface area contributed by atoms with Crippen molar-refractivity contribution < 1.29 is 75.2 Å². The van der Waals surface area contributed by atoms with E-state index in [4.69, 9.17) is 46.5 Å². The number of rotatable bonds is 10. The lowest BCUT2D eigenvalue weighted by atomic mass is 9.97. The number of esters is 6. The quantitative estimate of drug-likeness (QED) is 0.231. The molecule has 0 spiro atoms. The Bertz CT molecular complexity index is 987. The zero-order valence-corrected chi connectivity index (χ0v) is 25.0. The predicted octanol–water partition coefficient (Wildman–Crippen LogP) is 0.389. The van der Waals surface area contributed by atoms with Gasteiger partial charge in [0.1, 0.15) is 22.4 Å². The lowest BCUT2D eigenvalue weighted by Gasteiger charge is -2.45. The lowest BCUT2D eigenvalue weighted by molar-refractivity contribution is -0.322. The van der Waals surface area contributed by atoms with Crippen molar-refractivity contribution in [2.24, 2.45) is 0 Å². The van der Waals surface area contributed by atoms with Gasteiger partial charge in [-0.15, -0.1) is 0 Å². The maximum absolute atomic E-state index is 12.0. The summed E-state index contributed by atoms with van der Waals surface area (Å²) in [6.45, 7) is 7.67. The highest BCUT2D eigenvalue weighted by molar-refractivity contribution is 9.06. The molecule has 2 aliphatic heterocycles. The average molecular weight is 657 g/mol. The number of hydrogen-bond donors (Lipinski definition) is 0. The molecule has 41 heavy (non-hydrogen) atoms. The molecule has 17 heteroatoms. The van der Waals surface area contributed by atoms with Crippen LogP contribution in [0.15, 0.2) is 0 Å². The molecular weight excluding hydrogens is 624 g/mol. The average Bonchev–Trinajstić information content (AvgIpc) is 2.83. The molecule has 0 radical (unpaired) electrons. The molecule has 0 saturated carbocycles. The lowest BCUT2D eigenvalue weighted by Crippen LogP contribution is -2.64. The zero-order valence-electron chi connectivity index (χ0n) is 23.4. The first kappa shape index (κ1) is 34.3. The highest BCUT2D eigenvalue weighted by atomic mass is 79.9.